The van der Waals surface area contributed by atoms with Gasteiger partial charge in [0.1, 0.15) is 0 Å². The quantitative estimate of drug-likeness (QED) is 0.845. The lowest BCUT2D eigenvalue weighted by molar-refractivity contribution is -0.141. The average molecular weight is 217 g/mol. The fourth-order valence-corrected chi connectivity index (χ4v) is 1.63. The second-order valence-electron chi connectivity index (χ2n) is 4.13. The van der Waals surface area contributed by atoms with Crippen molar-refractivity contribution >= 4 is 5.97 Å². The molecule has 0 fully saturated rings. The molecular formula is C13H15NO2. The van der Waals surface area contributed by atoms with Gasteiger partial charge in [-0.25, -0.2) is 0 Å². The summed E-state index contributed by atoms with van der Waals surface area (Å²) in [5.41, 5.74) is 3.65. The molecule has 1 N–H and O–H groups in total. The largest absolute Gasteiger partial charge is 0.481 e. The molecule has 0 amide bonds. The molecule has 1 aromatic carbocycles. The number of aryl methyl sites for hydroxylation is 1. The fourth-order valence-electron chi connectivity index (χ4n) is 1.63. The molecule has 1 atom stereocenters. The van der Waals surface area contributed by atoms with E-state index in [1.165, 1.54) is 0 Å². The topological polar surface area (TPSA) is 61.1 Å². The van der Waals surface area contributed by atoms with E-state index in [1.807, 2.05) is 19.9 Å². The van der Waals surface area contributed by atoms with Crippen LogP contribution in [0.5, 0.6) is 0 Å². The summed E-state index contributed by atoms with van der Waals surface area (Å²) in [7, 11) is 0. The highest BCUT2D eigenvalue weighted by Crippen LogP contribution is 2.19. The Morgan fingerprint density at radius 1 is 1.50 bits per heavy atom. The van der Waals surface area contributed by atoms with Crippen LogP contribution in [-0.4, -0.2) is 11.1 Å². The number of aliphatic carboxylic acids is 1. The molecule has 0 saturated heterocycles. The molecule has 16 heavy (non-hydrogen) atoms. The van der Waals surface area contributed by atoms with Gasteiger partial charge in [0.2, 0.25) is 0 Å². The van der Waals surface area contributed by atoms with E-state index in [4.69, 9.17) is 10.4 Å². The van der Waals surface area contributed by atoms with Gasteiger partial charge in [0.05, 0.1) is 17.6 Å². The minimum absolute atomic E-state index is 0.424. The van der Waals surface area contributed by atoms with Gasteiger partial charge in [-0.3, -0.25) is 4.79 Å². The van der Waals surface area contributed by atoms with Gasteiger partial charge in [-0.05, 0) is 49.1 Å². The van der Waals surface area contributed by atoms with Crippen LogP contribution in [0.15, 0.2) is 12.1 Å². The Labute approximate surface area is 95.3 Å². The first kappa shape index (κ1) is 12.3. The SMILES string of the molecule is Cc1cc(C#N)cc(CC(C)C(=O)O)c1C. The number of carbonyl (C=O) groups is 1. The normalized spacial score (nSPS) is 11.9. The lowest BCUT2D eigenvalue weighted by Crippen LogP contribution is -2.13. The van der Waals surface area contributed by atoms with E-state index in [-0.39, 0.29) is 0 Å². The first-order valence-corrected chi connectivity index (χ1v) is 5.18. The molecule has 3 heteroatoms. The molecule has 1 rings (SSSR count). The van der Waals surface area contributed by atoms with E-state index in [2.05, 4.69) is 6.07 Å². The van der Waals surface area contributed by atoms with Crippen LogP contribution in [0.25, 0.3) is 0 Å². The molecule has 1 aromatic rings. The molecule has 84 valence electrons. The summed E-state index contributed by atoms with van der Waals surface area (Å²) >= 11 is 0. The van der Waals surface area contributed by atoms with Gasteiger partial charge in [-0.15, -0.1) is 0 Å². The first-order valence-electron chi connectivity index (χ1n) is 5.18. The van der Waals surface area contributed by atoms with Gasteiger partial charge >= 0.3 is 5.97 Å². The molecule has 0 radical (unpaired) electrons. The fraction of sp³-hybridized carbons (Fsp3) is 0.385. The van der Waals surface area contributed by atoms with Gasteiger partial charge < -0.3 is 5.11 Å². The molecule has 1 unspecified atom stereocenters. The Morgan fingerprint density at radius 2 is 2.12 bits per heavy atom. The van der Waals surface area contributed by atoms with Gasteiger partial charge in [-0.1, -0.05) is 6.92 Å². The Balaban J connectivity index is 3.09. The lowest BCUT2D eigenvalue weighted by atomic mass is 9.93. The van der Waals surface area contributed by atoms with Crippen molar-refractivity contribution in [2.75, 3.05) is 0 Å². The summed E-state index contributed by atoms with van der Waals surface area (Å²) in [4.78, 5) is 10.8. The van der Waals surface area contributed by atoms with E-state index < -0.39 is 11.9 Å². The Morgan fingerprint density at radius 3 is 2.62 bits per heavy atom. The highest BCUT2D eigenvalue weighted by Gasteiger charge is 2.14. The molecule has 3 nitrogen and oxygen atoms in total. The third-order valence-corrected chi connectivity index (χ3v) is 2.85. The highest BCUT2D eigenvalue weighted by atomic mass is 16.4. The summed E-state index contributed by atoms with van der Waals surface area (Å²) in [5, 5.41) is 17.7. The predicted molar refractivity (Wildman–Crippen MR) is 61.1 cm³/mol. The number of nitriles is 1. The number of hydrogen-bond acceptors (Lipinski definition) is 2. The number of benzene rings is 1. The van der Waals surface area contributed by atoms with Crippen molar-refractivity contribution in [3.05, 3.63) is 34.4 Å². The minimum atomic E-state index is -0.806. The molecule has 0 bridgehead atoms. The summed E-state index contributed by atoms with van der Waals surface area (Å²) in [5.74, 6) is -1.23. The van der Waals surface area contributed by atoms with Gasteiger partial charge in [0.25, 0.3) is 0 Å². The van der Waals surface area contributed by atoms with Crippen LogP contribution in [-0.2, 0) is 11.2 Å². The maximum Gasteiger partial charge on any atom is 0.306 e. The predicted octanol–water partition coefficient (Wildman–Crippen LogP) is 2.44. The van der Waals surface area contributed by atoms with E-state index in [1.54, 1.807) is 13.0 Å². The lowest BCUT2D eigenvalue weighted by Gasteiger charge is -2.12. The molecule has 0 heterocycles. The third-order valence-electron chi connectivity index (χ3n) is 2.85. The number of rotatable bonds is 3. The van der Waals surface area contributed by atoms with Crippen LogP contribution in [0.1, 0.15) is 29.2 Å². The summed E-state index contributed by atoms with van der Waals surface area (Å²) in [6, 6.07) is 5.69. The molecule has 0 aromatic heterocycles. The Kier molecular flexibility index (Phi) is 3.68. The molecule has 0 spiro atoms. The highest BCUT2D eigenvalue weighted by molar-refractivity contribution is 5.70. The average Bonchev–Trinajstić information content (AvgIpc) is 2.24. The zero-order valence-corrected chi connectivity index (χ0v) is 9.74. The van der Waals surface area contributed by atoms with Gasteiger partial charge in [0.15, 0.2) is 0 Å². The maximum absolute atomic E-state index is 10.8. The standard InChI is InChI=1S/C13H15NO2/c1-8-4-11(7-14)6-12(10(8)3)5-9(2)13(15)16/h4,6,9H,5H2,1-3H3,(H,15,16). The monoisotopic (exact) mass is 217 g/mol. The first-order chi connectivity index (χ1) is 7.45. The number of nitrogens with zero attached hydrogens (tertiary/aromatic N) is 1. The van der Waals surface area contributed by atoms with Crippen LogP contribution >= 0.6 is 0 Å². The molecule has 0 saturated carbocycles. The van der Waals surface area contributed by atoms with Crippen LogP contribution in [0.3, 0.4) is 0 Å². The number of carboxylic acid groups (broad SMARTS) is 1. The zero-order chi connectivity index (χ0) is 12.3. The molecule has 0 aliphatic carbocycles. The van der Waals surface area contributed by atoms with Crippen molar-refractivity contribution in [1.82, 2.24) is 0 Å². The molecular weight excluding hydrogens is 202 g/mol. The van der Waals surface area contributed by atoms with Crippen molar-refractivity contribution in [2.24, 2.45) is 5.92 Å². The van der Waals surface area contributed by atoms with E-state index >= 15 is 0 Å². The van der Waals surface area contributed by atoms with Crippen molar-refractivity contribution in [2.45, 2.75) is 27.2 Å². The number of carboxylic acids is 1. The van der Waals surface area contributed by atoms with Crippen molar-refractivity contribution in [3.63, 3.8) is 0 Å². The maximum atomic E-state index is 10.8. The van der Waals surface area contributed by atoms with Crippen LogP contribution in [0.2, 0.25) is 0 Å². The Bertz CT molecular complexity index is 458. The Hall–Kier alpha value is -1.82. The minimum Gasteiger partial charge on any atom is -0.481 e. The summed E-state index contributed by atoms with van der Waals surface area (Å²) < 4.78 is 0. The second-order valence-corrected chi connectivity index (χ2v) is 4.13. The van der Waals surface area contributed by atoms with Crippen LogP contribution < -0.4 is 0 Å². The second kappa shape index (κ2) is 4.80. The van der Waals surface area contributed by atoms with E-state index in [9.17, 15) is 4.79 Å². The van der Waals surface area contributed by atoms with Gasteiger partial charge in [0, 0.05) is 0 Å². The zero-order valence-electron chi connectivity index (χ0n) is 9.74. The summed E-state index contributed by atoms with van der Waals surface area (Å²) in [6.45, 7) is 5.57. The molecule has 0 aliphatic rings. The smallest absolute Gasteiger partial charge is 0.306 e. The van der Waals surface area contributed by atoms with Crippen LogP contribution in [0, 0.1) is 31.1 Å². The van der Waals surface area contributed by atoms with E-state index in [0.29, 0.717) is 12.0 Å². The van der Waals surface area contributed by atoms with Crippen LogP contribution in [0.4, 0.5) is 0 Å². The van der Waals surface area contributed by atoms with Gasteiger partial charge in [-0.2, -0.15) is 5.26 Å². The summed E-state index contributed by atoms with van der Waals surface area (Å²) in [6.07, 6.45) is 0.470. The molecule has 0 aliphatic heterocycles. The van der Waals surface area contributed by atoms with E-state index in [0.717, 1.165) is 16.7 Å². The van der Waals surface area contributed by atoms with Crippen molar-refractivity contribution in [1.29, 1.82) is 5.26 Å². The van der Waals surface area contributed by atoms with Crippen molar-refractivity contribution < 1.29 is 9.90 Å². The third kappa shape index (κ3) is 2.60. The number of hydrogen-bond donors (Lipinski definition) is 1. The van der Waals surface area contributed by atoms with Crippen molar-refractivity contribution in [3.8, 4) is 6.07 Å².